The molecule has 3 N–H and O–H groups in total. The van der Waals surface area contributed by atoms with Gasteiger partial charge in [0.2, 0.25) is 0 Å². The average Bonchev–Trinajstić information content (AvgIpc) is 3.07. The van der Waals surface area contributed by atoms with E-state index in [1.165, 1.54) is 0 Å². The highest BCUT2D eigenvalue weighted by Gasteiger charge is 2.04. The monoisotopic (exact) mass is 671 g/mol. The lowest BCUT2D eigenvalue weighted by molar-refractivity contribution is 0.0328. The Morgan fingerprint density at radius 2 is 1.24 bits per heavy atom. The summed E-state index contributed by atoms with van der Waals surface area (Å²) in [4.78, 5) is 13.3. The standard InChI is InChI=1S/C18H26ClN3O.C17H25ClN4O/c1-3-22(4-2)14-23-12-6-5-10-20-17-9-11-21-18-13-15(19)7-8-16(17)18;1-3-22(4-2)10-9-19-12-23-13-21-16-7-8-20-17-11-14(18)5-6-15(16)17/h7-9,11,13H,3-6,10,12,14H2,1-2H3,(H,20,21);5-8,11,19H,3-4,9-10,12-13H2,1-2H3,(H,20,21). The van der Waals surface area contributed by atoms with Crippen LogP contribution >= 0.6 is 23.2 Å². The van der Waals surface area contributed by atoms with Crippen LogP contribution in [0.2, 0.25) is 10.0 Å². The van der Waals surface area contributed by atoms with E-state index < -0.39 is 0 Å². The lowest BCUT2D eigenvalue weighted by Crippen LogP contribution is -2.33. The van der Waals surface area contributed by atoms with Crippen molar-refractivity contribution in [3.05, 3.63) is 71.0 Å². The van der Waals surface area contributed by atoms with Gasteiger partial charge in [0.1, 0.15) is 6.73 Å². The third-order valence-electron chi connectivity index (χ3n) is 7.68. The number of halogens is 2. The highest BCUT2D eigenvalue weighted by atomic mass is 35.5. The first-order chi connectivity index (χ1) is 22.5. The molecule has 0 radical (unpaired) electrons. The van der Waals surface area contributed by atoms with Crippen molar-refractivity contribution in [3.63, 3.8) is 0 Å². The molecule has 0 unspecified atom stereocenters. The lowest BCUT2D eigenvalue weighted by Gasteiger charge is -2.18. The quantitative estimate of drug-likeness (QED) is 0.0651. The summed E-state index contributed by atoms with van der Waals surface area (Å²) in [5.41, 5.74) is 3.90. The molecule has 4 rings (SSSR count). The summed E-state index contributed by atoms with van der Waals surface area (Å²) >= 11 is 12.0. The van der Waals surface area contributed by atoms with Gasteiger partial charge in [-0.05, 0) is 87.6 Å². The number of fused-ring (bicyclic) bond motifs is 2. The molecule has 0 fully saturated rings. The fourth-order valence-electron chi connectivity index (χ4n) is 4.80. The zero-order valence-corrected chi connectivity index (χ0v) is 29.3. The molecule has 0 aliphatic carbocycles. The van der Waals surface area contributed by atoms with Crippen molar-refractivity contribution in [2.24, 2.45) is 0 Å². The van der Waals surface area contributed by atoms with Gasteiger partial charge in [0.05, 0.1) is 24.5 Å². The van der Waals surface area contributed by atoms with E-state index in [1.54, 1.807) is 6.20 Å². The van der Waals surface area contributed by atoms with Gasteiger partial charge < -0.3 is 25.0 Å². The highest BCUT2D eigenvalue weighted by molar-refractivity contribution is 6.31. The van der Waals surface area contributed by atoms with Crippen molar-refractivity contribution < 1.29 is 9.47 Å². The van der Waals surface area contributed by atoms with Crippen LogP contribution in [0.5, 0.6) is 0 Å². The van der Waals surface area contributed by atoms with E-state index in [0.717, 1.165) is 105 Å². The van der Waals surface area contributed by atoms with Crippen molar-refractivity contribution in [3.8, 4) is 0 Å². The number of anilines is 2. The zero-order valence-electron chi connectivity index (χ0n) is 27.8. The highest BCUT2D eigenvalue weighted by Crippen LogP contribution is 2.25. The Hall–Kier alpha value is -2.76. The maximum atomic E-state index is 6.01. The van der Waals surface area contributed by atoms with Crippen molar-refractivity contribution in [1.29, 1.82) is 0 Å². The SMILES string of the molecule is CCN(CC)CCNCOCNc1ccnc2cc(Cl)ccc12.CCN(CC)COCCCCNc1ccnc2cc(Cl)ccc12. The van der Waals surface area contributed by atoms with Crippen LogP contribution in [-0.2, 0) is 9.47 Å². The van der Waals surface area contributed by atoms with Crippen LogP contribution in [0, 0.1) is 0 Å². The van der Waals surface area contributed by atoms with Crippen molar-refractivity contribution in [2.45, 2.75) is 40.5 Å². The molecular weight excluding hydrogens is 621 g/mol. The molecule has 9 nitrogen and oxygen atoms in total. The van der Waals surface area contributed by atoms with Gasteiger partial charge in [-0.15, -0.1) is 0 Å². The first kappa shape index (κ1) is 37.7. The topological polar surface area (TPSA) is 86.8 Å². The molecule has 252 valence electrons. The molecule has 0 spiro atoms. The molecule has 46 heavy (non-hydrogen) atoms. The number of aromatic nitrogens is 2. The number of benzene rings is 2. The van der Waals surface area contributed by atoms with Gasteiger partial charge in [-0.2, -0.15) is 0 Å². The van der Waals surface area contributed by atoms with Crippen LogP contribution in [-0.4, -0.2) is 92.4 Å². The summed E-state index contributed by atoms with van der Waals surface area (Å²) in [5, 5.41) is 13.6. The second-order valence-corrected chi connectivity index (χ2v) is 11.6. The molecule has 2 aromatic heterocycles. The summed E-state index contributed by atoms with van der Waals surface area (Å²) < 4.78 is 11.3. The molecular formula is C35H51Cl2N7O2. The summed E-state index contributed by atoms with van der Waals surface area (Å²) in [5.74, 6) is 0. The van der Waals surface area contributed by atoms with Gasteiger partial charge >= 0.3 is 0 Å². The molecule has 0 amide bonds. The van der Waals surface area contributed by atoms with Crippen molar-refractivity contribution >= 4 is 56.4 Å². The Morgan fingerprint density at radius 3 is 1.83 bits per heavy atom. The molecule has 0 atom stereocenters. The molecule has 0 aliphatic rings. The summed E-state index contributed by atoms with van der Waals surface area (Å²) in [6.45, 7) is 18.3. The molecule has 0 saturated carbocycles. The third kappa shape index (κ3) is 13.2. The summed E-state index contributed by atoms with van der Waals surface area (Å²) in [7, 11) is 0. The minimum absolute atomic E-state index is 0.444. The number of hydrogen-bond donors (Lipinski definition) is 3. The van der Waals surface area contributed by atoms with Gasteiger partial charge in [0.15, 0.2) is 0 Å². The number of hydrogen-bond acceptors (Lipinski definition) is 9. The second-order valence-electron chi connectivity index (χ2n) is 10.7. The van der Waals surface area contributed by atoms with E-state index >= 15 is 0 Å². The van der Waals surface area contributed by atoms with Gasteiger partial charge in [0, 0.05) is 70.8 Å². The normalized spacial score (nSPS) is 11.3. The van der Waals surface area contributed by atoms with Crippen LogP contribution in [0.25, 0.3) is 21.8 Å². The number of pyridine rings is 2. The van der Waals surface area contributed by atoms with E-state index in [9.17, 15) is 0 Å². The molecule has 0 bridgehead atoms. The van der Waals surface area contributed by atoms with Gasteiger partial charge in [-0.25, -0.2) is 0 Å². The molecule has 0 aliphatic heterocycles. The lowest BCUT2D eigenvalue weighted by atomic mass is 10.2. The van der Waals surface area contributed by atoms with Gasteiger partial charge in [0.25, 0.3) is 0 Å². The third-order valence-corrected chi connectivity index (χ3v) is 8.15. The summed E-state index contributed by atoms with van der Waals surface area (Å²) in [6, 6.07) is 15.4. The number of likely N-dealkylation sites (N-methyl/N-ethyl adjacent to an activating group) is 1. The molecule has 4 aromatic rings. The molecule has 2 heterocycles. The Bertz CT molecular complexity index is 1310. The summed E-state index contributed by atoms with van der Waals surface area (Å²) in [6.07, 6.45) is 5.72. The molecule has 0 saturated heterocycles. The Balaban J connectivity index is 0.000000250. The second kappa shape index (κ2) is 21.9. The molecule has 11 heteroatoms. The van der Waals surface area contributed by atoms with Gasteiger partial charge in [-0.1, -0.05) is 50.9 Å². The number of nitrogens with one attached hydrogen (secondary N) is 3. The minimum atomic E-state index is 0.444. The predicted molar refractivity (Wildman–Crippen MR) is 195 cm³/mol. The fraction of sp³-hybridized carbons (Fsp3) is 0.486. The van der Waals surface area contributed by atoms with Crippen LogP contribution in [0.15, 0.2) is 60.9 Å². The predicted octanol–water partition coefficient (Wildman–Crippen LogP) is 7.56. The number of unbranched alkanes of at least 4 members (excludes halogenated alkanes) is 1. The number of rotatable bonds is 20. The van der Waals surface area contributed by atoms with Crippen LogP contribution in [0.3, 0.4) is 0 Å². The number of nitrogens with zero attached hydrogens (tertiary/aromatic N) is 4. The van der Waals surface area contributed by atoms with E-state index in [4.69, 9.17) is 32.7 Å². The zero-order chi connectivity index (χ0) is 33.0. The maximum absolute atomic E-state index is 6.01. The van der Waals surface area contributed by atoms with Crippen molar-refractivity contribution in [2.75, 3.05) is 83.2 Å². The Kier molecular flexibility index (Phi) is 18.0. The Morgan fingerprint density at radius 1 is 0.652 bits per heavy atom. The van der Waals surface area contributed by atoms with Gasteiger partial charge in [-0.3, -0.25) is 20.2 Å². The average molecular weight is 673 g/mol. The van der Waals surface area contributed by atoms with E-state index in [-0.39, 0.29) is 0 Å². The van der Waals surface area contributed by atoms with E-state index in [2.05, 4.69) is 63.4 Å². The Labute approximate surface area is 285 Å². The van der Waals surface area contributed by atoms with Crippen LogP contribution < -0.4 is 16.0 Å². The van der Waals surface area contributed by atoms with Crippen molar-refractivity contribution in [1.82, 2.24) is 25.1 Å². The minimum Gasteiger partial charge on any atom is -0.384 e. The van der Waals surface area contributed by atoms with E-state index in [1.807, 2.05) is 54.7 Å². The van der Waals surface area contributed by atoms with Crippen LogP contribution in [0.1, 0.15) is 40.5 Å². The first-order valence-electron chi connectivity index (χ1n) is 16.4. The van der Waals surface area contributed by atoms with E-state index in [0.29, 0.717) is 23.5 Å². The molecule has 2 aromatic carbocycles. The number of ether oxygens (including phenoxy) is 2. The first-order valence-corrected chi connectivity index (χ1v) is 17.1. The van der Waals surface area contributed by atoms with Crippen LogP contribution in [0.4, 0.5) is 11.4 Å². The smallest absolute Gasteiger partial charge is 0.118 e. The fourth-order valence-corrected chi connectivity index (χ4v) is 5.14. The maximum Gasteiger partial charge on any atom is 0.118 e. The largest absolute Gasteiger partial charge is 0.384 e.